The molecule has 0 spiro atoms. The first-order chi connectivity index (χ1) is 8.90. The molecular formula is C15H14N2O. The monoisotopic (exact) mass is 238 g/mol. The highest BCUT2D eigenvalue weighted by Gasteiger charge is 2.11. The van der Waals surface area contributed by atoms with Crippen LogP contribution in [0, 0.1) is 0 Å². The Balaban J connectivity index is 2.22. The standard InChI is InChI=1S/C15H14N2O/c1-2-18-15-14(16-10-17-15)13-9-5-7-11-6-3-4-8-12(11)13/h3-10H,2H2,1H3,(H,16,17). The van der Waals surface area contributed by atoms with Gasteiger partial charge in [0, 0.05) is 5.56 Å². The van der Waals surface area contributed by atoms with E-state index in [1.807, 2.05) is 25.1 Å². The van der Waals surface area contributed by atoms with Crippen molar-refractivity contribution < 1.29 is 4.74 Å². The number of aromatic amines is 1. The van der Waals surface area contributed by atoms with Crippen LogP contribution in [0.15, 0.2) is 48.8 Å². The summed E-state index contributed by atoms with van der Waals surface area (Å²) in [5.41, 5.74) is 2.06. The maximum Gasteiger partial charge on any atom is 0.239 e. The molecule has 1 aromatic heterocycles. The second-order valence-electron chi connectivity index (χ2n) is 4.04. The Morgan fingerprint density at radius 3 is 2.83 bits per heavy atom. The van der Waals surface area contributed by atoms with Crippen LogP contribution in [-0.4, -0.2) is 16.6 Å². The fraction of sp³-hybridized carbons (Fsp3) is 0.133. The number of imidazole rings is 1. The number of hydrogen-bond donors (Lipinski definition) is 1. The molecule has 3 heteroatoms. The third kappa shape index (κ3) is 1.74. The maximum atomic E-state index is 5.54. The van der Waals surface area contributed by atoms with Crippen molar-refractivity contribution >= 4 is 10.8 Å². The molecule has 0 radical (unpaired) electrons. The summed E-state index contributed by atoms with van der Waals surface area (Å²) in [5, 5.41) is 2.41. The van der Waals surface area contributed by atoms with E-state index in [4.69, 9.17) is 4.74 Å². The number of fused-ring (bicyclic) bond motifs is 1. The summed E-state index contributed by atoms with van der Waals surface area (Å²) in [6.45, 7) is 2.57. The molecule has 1 heterocycles. The second-order valence-corrected chi connectivity index (χ2v) is 4.04. The molecule has 0 unspecified atom stereocenters. The molecule has 0 aliphatic carbocycles. The Kier molecular flexibility index (Phi) is 2.73. The van der Waals surface area contributed by atoms with Crippen molar-refractivity contribution in [3.63, 3.8) is 0 Å². The first-order valence-electron chi connectivity index (χ1n) is 6.04. The number of H-pyrrole nitrogens is 1. The topological polar surface area (TPSA) is 37.9 Å². The quantitative estimate of drug-likeness (QED) is 0.756. The fourth-order valence-electron chi connectivity index (χ4n) is 2.16. The number of nitrogens with zero attached hydrogens (tertiary/aromatic N) is 1. The van der Waals surface area contributed by atoms with Gasteiger partial charge < -0.3 is 9.72 Å². The van der Waals surface area contributed by atoms with Crippen LogP contribution >= 0.6 is 0 Å². The number of benzene rings is 2. The van der Waals surface area contributed by atoms with Crippen molar-refractivity contribution in [1.29, 1.82) is 0 Å². The predicted octanol–water partition coefficient (Wildman–Crippen LogP) is 3.63. The van der Waals surface area contributed by atoms with Crippen LogP contribution < -0.4 is 4.74 Å². The van der Waals surface area contributed by atoms with Crippen LogP contribution in [0.4, 0.5) is 0 Å². The molecule has 0 aliphatic rings. The number of rotatable bonds is 3. The van der Waals surface area contributed by atoms with Gasteiger partial charge in [0.15, 0.2) is 0 Å². The van der Waals surface area contributed by atoms with Crippen LogP contribution in [-0.2, 0) is 0 Å². The molecule has 0 bridgehead atoms. The minimum atomic E-state index is 0.614. The van der Waals surface area contributed by atoms with Gasteiger partial charge in [-0.1, -0.05) is 42.5 Å². The molecule has 3 aromatic rings. The SMILES string of the molecule is CCOc1nc[nH]c1-c1cccc2ccccc12. The van der Waals surface area contributed by atoms with Gasteiger partial charge in [-0.3, -0.25) is 0 Å². The first kappa shape index (κ1) is 10.8. The van der Waals surface area contributed by atoms with E-state index in [0.29, 0.717) is 12.5 Å². The largest absolute Gasteiger partial charge is 0.476 e. The van der Waals surface area contributed by atoms with E-state index in [0.717, 1.165) is 11.3 Å². The Morgan fingerprint density at radius 1 is 1.11 bits per heavy atom. The number of nitrogens with one attached hydrogen (secondary N) is 1. The van der Waals surface area contributed by atoms with Crippen LogP contribution in [0.5, 0.6) is 5.88 Å². The highest BCUT2D eigenvalue weighted by Crippen LogP contribution is 2.32. The minimum absolute atomic E-state index is 0.614. The van der Waals surface area contributed by atoms with Gasteiger partial charge in [-0.15, -0.1) is 0 Å². The van der Waals surface area contributed by atoms with E-state index in [2.05, 4.69) is 34.2 Å². The van der Waals surface area contributed by atoms with Gasteiger partial charge in [0.1, 0.15) is 5.69 Å². The molecule has 18 heavy (non-hydrogen) atoms. The van der Waals surface area contributed by atoms with Crippen molar-refractivity contribution in [2.45, 2.75) is 6.92 Å². The molecule has 0 saturated carbocycles. The lowest BCUT2D eigenvalue weighted by Gasteiger charge is -2.07. The molecule has 2 aromatic carbocycles. The van der Waals surface area contributed by atoms with Gasteiger partial charge >= 0.3 is 0 Å². The Morgan fingerprint density at radius 2 is 1.94 bits per heavy atom. The fourth-order valence-corrected chi connectivity index (χ4v) is 2.16. The van der Waals surface area contributed by atoms with Gasteiger partial charge in [-0.2, -0.15) is 0 Å². The molecule has 0 aliphatic heterocycles. The lowest BCUT2D eigenvalue weighted by molar-refractivity contribution is 0.330. The van der Waals surface area contributed by atoms with Crippen molar-refractivity contribution in [2.24, 2.45) is 0 Å². The summed E-state index contributed by atoms with van der Waals surface area (Å²) in [7, 11) is 0. The van der Waals surface area contributed by atoms with Crippen molar-refractivity contribution in [1.82, 2.24) is 9.97 Å². The van der Waals surface area contributed by atoms with Gasteiger partial charge in [0.2, 0.25) is 5.88 Å². The molecule has 0 saturated heterocycles. The highest BCUT2D eigenvalue weighted by molar-refractivity contribution is 5.96. The summed E-state index contributed by atoms with van der Waals surface area (Å²) >= 11 is 0. The Hall–Kier alpha value is -2.29. The molecule has 1 N–H and O–H groups in total. The number of hydrogen-bond acceptors (Lipinski definition) is 2. The van der Waals surface area contributed by atoms with Crippen LogP contribution in [0.3, 0.4) is 0 Å². The summed E-state index contributed by atoms with van der Waals surface area (Å²) < 4.78 is 5.54. The third-order valence-corrected chi connectivity index (χ3v) is 2.94. The molecule has 3 nitrogen and oxygen atoms in total. The average molecular weight is 238 g/mol. The Labute approximate surface area is 105 Å². The van der Waals surface area contributed by atoms with Crippen molar-refractivity contribution in [3.05, 3.63) is 48.8 Å². The first-order valence-corrected chi connectivity index (χ1v) is 6.04. The summed E-state index contributed by atoms with van der Waals surface area (Å²) in [5.74, 6) is 0.661. The van der Waals surface area contributed by atoms with E-state index in [9.17, 15) is 0 Å². The normalized spacial score (nSPS) is 10.7. The summed E-state index contributed by atoms with van der Waals surface area (Å²) in [6.07, 6.45) is 1.67. The van der Waals surface area contributed by atoms with E-state index in [1.165, 1.54) is 10.8 Å². The minimum Gasteiger partial charge on any atom is -0.476 e. The maximum absolute atomic E-state index is 5.54. The van der Waals surface area contributed by atoms with E-state index < -0.39 is 0 Å². The van der Waals surface area contributed by atoms with Crippen LogP contribution in [0.25, 0.3) is 22.0 Å². The van der Waals surface area contributed by atoms with Gasteiger partial charge in [0.05, 0.1) is 12.9 Å². The second kappa shape index (κ2) is 4.53. The summed E-state index contributed by atoms with van der Waals surface area (Å²) in [4.78, 5) is 7.37. The zero-order chi connectivity index (χ0) is 12.4. The van der Waals surface area contributed by atoms with Crippen molar-refractivity contribution in [3.8, 4) is 17.1 Å². The van der Waals surface area contributed by atoms with Gasteiger partial charge in [-0.25, -0.2) is 4.98 Å². The molecular weight excluding hydrogens is 224 g/mol. The zero-order valence-electron chi connectivity index (χ0n) is 10.2. The van der Waals surface area contributed by atoms with Crippen LogP contribution in [0.2, 0.25) is 0 Å². The van der Waals surface area contributed by atoms with E-state index in [-0.39, 0.29) is 0 Å². The molecule has 90 valence electrons. The zero-order valence-corrected chi connectivity index (χ0v) is 10.2. The smallest absolute Gasteiger partial charge is 0.239 e. The lowest BCUT2D eigenvalue weighted by Crippen LogP contribution is -1.93. The summed E-state index contributed by atoms with van der Waals surface area (Å²) in [6, 6.07) is 14.5. The van der Waals surface area contributed by atoms with E-state index in [1.54, 1.807) is 6.33 Å². The molecule has 0 atom stereocenters. The average Bonchev–Trinajstić information content (AvgIpc) is 2.87. The molecule has 0 fully saturated rings. The predicted molar refractivity (Wildman–Crippen MR) is 72.7 cm³/mol. The number of aromatic nitrogens is 2. The third-order valence-electron chi connectivity index (χ3n) is 2.94. The lowest BCUT2D eigenvalue weighted by atomic mass is 10.0. The van der Waals surface area contributed by atoms with Crippen molar-refractivity contribution in [2.75, 3.05) is 6.61 Å². The van der Waals surface area contributed by atoms with E-state index >= 15 is 0 Å². The number of ether oxygens (including phenoxy) is 1. The van der Waals surface area contributed by atoms with Gasteiger partial charge in [-0.05, 0) is 17.7 Å². The van der Waals surface area contributed by atoms with Crippen LogP contribution in [0.1, 0.15) is 6.92 Å². The molecule has 0 amide bonds. The highest BCUT2D eigenvalue weighted by atomic mass is 16.5. The van der Waals surface area contributed by atoms with Gasteiger partial charge in [0.25, 0.3) is 0 Å². The Bertz CT molecular complexity index is 668. The molecule has 3 rings (SSSR count).